The molecule has 0 bridgehead atoms. The van der Waals surface area contributed by atoms with E-state index in [1.807, 2.05) is 19.9 Å². The number of hydrogen-bond acceptors (Lipinski definition) is 2. The molecule has 1 unspecified atom stereocenters. The summed E-state index contributed by atoms with van der Waals surface area (Å²) < 4.78 is 5.72. The van der Waals surface area contributed by atoms with E-state index in [1.165, 1.54) is 0 Å². The van der Waals surface area contributed by atoms with E-state index in [0.717, 1.165) is 5.56 Å². The Morgan fingerprint density at radius 1 is 1.42 bits per heavy atom. The molecule has 0 aliphatic carbocycles. The molecule has 0 aliphatic rings. The zero-order chi connectivity index (χ0) is 14.4. The summed E-state index contributed by atoms with van der Waals surface area (Å²) in [6.45, 7) is 8.63. The molecule has 4 heteroatoms. The Balaban J connectivity index is 2.65. The van der Waals surface area contributed by atoms with Crippen LogP contribution in [0, 0.1) is 12.8 Å². The molecule has 0 spiro atoms. The van der Waals surface area contributed by atoms with Gasteiger partial charge in [-0.3, -0.25) is 4.79 Å². The molecular formula is C15H22ClNO2. The van der Waals surface area contributed by atoms with E-state index in [2.05, 4.69) is 19.2 Å². The van der Waals surface area contributed by atoms with E-state index in [9.17, 15) is 4.79 Å². The molecule has 0 saturated heterocycles. The first-order chi connectivity index (χ1) is 8.93. The van der Waals surface area contributed by atoms with Gasteiger partial charge < -0.3 is 10.1 Å². The van der Waals surface area contributed by atoms with Crippen molar-refractivity contribution in [1.29, 1.82) is 0 Å². The molecule has 0 fully saturated rings. The van der Waals surface area contributed by atoms with Crippen LogP contribution in [0.25, 0.3) is 0 Å². The number of halogens is 1. The Morgan fingerprint density at radius 2 is 2.11 bits per heavy atom. The number of aryl methyl sites for hydroxylation is 1. The largest absolute Gasteiger partial charge is 0.481 e. The second-order valence-electron chi connectivity index (χ2n) is 5.06. The number of rotatable bonds is 6. The van der Waals surface area contributed by atoms with Gasteiger partial charge in [0.2, 0.25) is 0 Å². The van der Waals surface area contributed by atoms with Gasteiger partial charge in [0.25, 0.3) is 5.91 Å². The molecule has 1 rings (SSSR count). The van der Waals surface area contributed by atoms with Crippen molar-refractivity contribution in [3.05, 3.63) is 28.8 Å². The molecule has 1 aromatic carbocycles. The summed E-state index contributed by atoms with van der Waals surface area (Å²) in [5.74, 6) is 1.04. The van der Waals surface area contributed by atoms with E-state index in [-0.39, 0.29) is 5.91 Å². The summed E-state index contributed by atoms with van der Waals surface area (Å²) in [6, 6.07) is 5.42. The average molecular weight is 284 g/mol. The van der Waals surface area contributed by atoms with Gasteiger partial charge in [0.1, 0.15) is 5.75 Å². The predicted molar refractivity (Wildman–Crippen MR) is 78.7 cm³/mol. The summed E-state index contributed by atoms with van der Waals surface area (Å²) in [6.07, 6.45) is 0.172. The first-order valence-corrected chi connectivity index (χ1v) is 7.02. The molecule has 0 aromatic heterocycles. The lowest BCUT2D eigenvalue weighted by Crippen LogP contribution is -2.39. The lowest BCUT2D eigenvalue weighted by Gasteiger charge is -2.18. The molecule has 19 heavy (non-hydrogen) atoms. The summed E-state index contributed by atoms with van der Waals surface area (Å²) in [4.78, 5) is 12.0. The Morgan fingerprint density at radius 3 is 2.63 bits per heavy atom. The summed E-state index contributed by atoms with van der Waals surface area (Å²) in [5, 5.41) is 3.59. The molecule has 106 valence electrons. The minimum absolute atomic E-state index is 0.0659. The smallest absolute Gasteiger partial charge is 0.261 e. The van der Waals surface area contributed by atoms with Crippen LogP contribution in [0.1, 0.15) is 32.8 Å². The van der Waals surface area contributed by atoms with Gasteiger partial charge in [-0.2, -0.15) is 0 Å². The Hall–Kier alpha value is -1.22. The second-order valence-corrected chi connectivity index (χ2v) is 5.47. The highest BCUT2D eigenvalue weighted by Crippen LogP contribution is 2.22. The number of amides is 1. The first kappa shape index (κ1) is 15.8. The molecule has 1 aromatic rings. The fraction of sp³-hybridized carbons (Fsp3) is 0.533. The van der Waals surface area contributed by atoms with E-state index in [4.69, 9.17) is 16.3 Å². The highest BCUT2D eigenvalue weighted by molar-refractivity contribution is 6.31. The van der Waals surface area contributed by atoms with Gasteiger partial charge in [-0.05, 0) is 43.0 Å². The van der Waals surface area contributed by atoms with Crippen LogP contribution in [-0.4, -0.2) is 18.6 Å². The SMILES string of the molecule is CCC(Oc1ccc(Cl)c(C)c1)C(=O)NCC(C)C. The van der Waals surface area contributed by atoms with Gasteiger partial charge in [0.05, 0.1) is 0 Å². The van der Waals surface area contributed by atoms with Crippen LogP contribution in [0.3, 0.4) is 0 Å². The monoisotopic (exact) mass is 283 g/mol. The van der Waals surface area contributed by atoms with Gasteiger partial charge in [-0.15, -0.1) is 0 Å². The van der Waals surface area contributed by atoms with Crippen LogP contribution < -0.4 is 10.1 Å². The third-order valence-corrected chi connectivity index (χ3v) is 3.18. The maximum absolute atomic E-state index is 12.0. The van der Waals surface area contributed by atoms with Gasteiger partial charge >= 0.3 is 0 Å². The van der Waals surface area contributed by atoms with Crippen LogP contribution >= 0.6 is 11.6 Å². The van der Waals surface area contributed by atoms with Crippen molar-refractivity contribution in [2.75, 3.05) is 6.54 Å². The fourth-order valence-corrected chi connectivity index (χ4v) is 1.71. The molecule has 0 aliphatic heterocycles. The van der Waals surface area contributed by atoms with Crippen LogP contribution in [-0.2, 0) is 4.79 Å². The molecule has 0 heterocycles. The molecule has 0 radical (unpaired) electrons. The second kappa shape index (κ2) is 7.39. The zero-order valence-corrected chi connectivity index (χ0v) is 12.8. The molecular weight excluding hydrogens is 262 g/mol. The van der Waals surface area contributed by atoms with Gasteiger partial charge in [-0.1, -0.05) is 32.4 Å². The third kappa shape index (κ3) is 5.11. The number of benzene rings is 1. The number of hydrogen-bond donors (Lipinski definition) is 1. The lowest BCUT2D eigenvalue weighted by molar-refractivity contribution is -0.128. The number of nitrogens with one attached hydrogen (secondary N) is 1. The molecule has 1 N–H and O–H groups in total. The molecule has 1 atom stereocenters. The van der Waals surface area contributed by atoms with Crippen molar-refractivity contribution in [2.24, 2.45) is 5.92 Å². The number of carbonyl (C=O) groups excluding carboxylic acids is 1. The van der Waals surface area contributed by atoms with Crippen molar-refractivity contribution < 1.29 is 9.53 Å². The number of ether oxygens (including phenoxy) is 1. The topological polar surface area (TPSA) is 38.3 Å². The highest BCUT2D eigenvalue weighted by atomic mass is 35.5. The predicted octanol–water partition coefficient (Wildman–Crippen LogP) is 3.58. The van der Waals surface area contributed by atoms with Crippen LogP contribution in [0.5, 0.6) is 5.75 Å². The maximum Gasteiger partial charge on any atom is 0.261 e. The molecule has 3 nitrogen and oxygen atoms in total. The average Bonchev–Trinajstić information content (AvgIpc) is 2.37. The van der Waals surface area contributed by atoms with E-state index in [1.54, 1.807) is 12.1 Å². The van der Waals surface area contributed by atoms with Crippen molar-refractivity contribution in [1.82, 2.24) is 5.32 Å². The van der Waals surface area contributed by atoms with Crippen LogP contribution in [0.4, 0.5) is 0 Å². The van der Waals surface area contributed by atoms with Crippen molar-refractivity contribution >= 4 is 17.5 Å². The third-order valence-electron chi connectivity index (χ3n) is 2.76. The Kier molecular flexibility index (Phi) is 6.16. The first-order valence-electron chi connectivity index (χ1n) is 6.64. The normalized spacial score (nSPS) is 12.3. The number of carbonyl (C=O) groups is 1. The molecule has 1 amide bonds. The van der Waals surface area contributed by atoms with Gasteiger partial charge in [0, 0.05) is 11.6 Å². The maximum atomic E-state index is 12.0. The molecule has 0 saturated carbocycles. The van der Waals surface area contributed by atoms with Crippen molar-refractivity contribution in [3.8, 4) is 5.75 Å². The lowest BCUT2D eigenvalue weighted by atomic mass is 10.2. The van der Waals surface area contributed by atoms with E-state index >= 15 is 0 Å². The Bertz CT molecular complexity index is 432. The summed E-state index contributed by atoms with van der Waals surface area (Å²) in [5.41, 5.74) is 0.941. The minimum atomic E-state index is -0.459. The summed E-state index contributed by atoms with van der Waals surface area (Å²) >= 11 is 5.96. The van der Waals surface area contributed by atoms with Crippen molar-refractivity contribution in [3.63, 3.8) is 0 Å². The fourth-order valence-electron chi connectivity index (χ4n) is 1.60. The van der Waals surface area contributed by atoms with Crippen LogP contribution in [0.2, 0.25) is 5.02 Å². The Labute approximate surface area is 120 Å². The summed E-state index contributed by atoms with van der Waals surface area (Å²) in [7, 11) is 0. The van der Waals surface area contributed by atoms with Gasteiger partial charge in [0.15, 0.2) is 6.10 Å². The standard InChI is InChI=1S/C15H22ClNO2/c1-5-14(15(18)17-9-10(2)3)19-12-6-7-13(16)11(4)8-12/h6-8,10,14H,5,9H2,1-4H3,(H,17,18). The zero-order valence-electron chi connectivity index (χ0n) is 12.0. The van der Waals surface area contributed by atoms with Crippen LogP contribution in [0.15, 0.2) is 18.2 Å². The van der Waals surface area contributed by atoms with E-state index in [0.29, 0.717) is 29.7 Å². The highest BCUT2D eigenvalue weighted by Gasteiger charge is 2.18. The van der Waals surface area contributed by atoms with E-state index < -0.39 is 6.10 Å². The van der Waals surface area contributed by atoms with Gasteiger partial charge in [-0.25, -0.2) is 0 Å². The van der Waals surface area contributed by atoms with Crippen molar-refractivity contribution in [2.45, 2.75) is 40.2 Å². The quantitative estimate of drug-likeness (QED) is 0.867. The minimum Gasteiger partial charge on any atom is -0.481 e.